The Bertz CT molecular complexity index is 448. The molecule has 3 nitrogen and oxygen atoms in total. The summed E-state index contributed by atoms with van der Waals surface area (Å²) in [4.78, 5) is 17.1. The van der Waals surface area contributed by atoms with E-state index in [1.165, 1.54) is 38.5 Å². The summed E-state index contributed by atoms with van der Waals surface area (Å²) < 4.78 is 0. The summed E-state index contributed by atoms with van der Waals surface area (Å²) in [6, 6.07) is 0. The third kappa shape index (κ3) is 2.15. The largest absolute Gasteiger partial charge is 0.334 e. The fourth-order valence-electron chi connectivity index (χ4n) is 7.11. The number of nitrogens with zero attached hydrogens (tertiary/aromatic N) is 1. The van der Waals surface area contributed by atoms with Gasteiger partial charge < -0.3 is 9.80 Å². The Morgan fingerprint density at radius 1 is 1.00 bits per heavy atom. The molecular formula is C18H31N2O+. The van der Waals surface area contributed by atoms with Crippen LogP contribution >= 0.6 is 0 Å². The monoisotopic (exact) mass is 291 g/mol. The molecule has 2 atom stereocenters. The van der Waals surface area contributed by atoms with Crippen molar-refractivity contribution < 1.29 is 9.69 Å². The Morgan fingerprint density at radius 3 is 2.10 bits per heavy atom. The number of piperazine rings is 1. The average Bonchev–Trinajstić information content (AvgIpc) is 2.34. The third-order valence-corrected chi connectivity index (χ3v) is 6.98. The SMILES string of the molecule is C[NH+]1CCN(C(=O)C23CC4CC(C)(CC(C)(C4)C2)C3)CC1. The number of carbonyl (C=O) groups is 1. The van der Waals surface area contributed by atoms with E-state index in [9.17, 15) is 4.79 Å². The molecular weight excluding hydrogens is 260 g/mol. The lowest BCUT2D eigenvalue weighted by atomic mass is 9.40. The van der Waals surface area contributed by atoms with E-state index in [4.69, 9.17) is 0 Å². The minimum atomic E-state index is 0.00810. The molecule has 4 aliphatic carbocycles. The van der Waals surface area contributed by atoms with Gasteiger partial charge >= 0.3 is 0 Å². The normalized spacial score (nSPS) is 49.7. The van der Waals surface area contributed by atoms with Gasteiger partial charge in [0.2, 0.25) is 5.91 Å². The Balaban J connectivity index is 1.60. The van der Waals surface area contributed by atoms with Crippen molar-refractivity contribution in [2.75, 3.05) is 33.2 Å². The molecule has 1 aliphatic heterocycles. The molecule has 5 aliphatic rings. The van der Waals surface area contributed by atoms with Gasteiger partial charge in [-0.25, -0.2) is 0 Å². The van der Waals surface area contributed by atoms with E-state index < -0.39 is 0 Å². The van der Waals surface area contributed by atoms with Crippen molar-refractivity contribution in [2.45, 2.75) is 52.4 Å². The number of hydrogen-bond donors (Lipinski definition) is 1. The predicted octanol–water partition coefficient (Wildman–Crippen LogP) is 1.34. The maximum absolute atomic E-state index is 13.4. The summed E-state index contributed by atoms with van der Waals surface area (Å²) >= 11 is 0. The Labute approximate surface area is 129 Å². The van der Waals surface area contributed by atoms with E-state index in [2.05, 4.69) is 25.8 Å². The standard InChI is InChI=1S/C18H30N2O/c1-16-8-14-9-17(2,11-16)13-18(10-14,12-16)15(21)20-6-4-19(3)5-7-20/h14H,4-13H2,1-3H3/p+1. The first-order valence-electron chi connectivity index (χ1n) is 8.92. The molecule has 5 fully saturated rings. The second-order valence-electron chi connectivity index (χ2n) is 9.66. The Kier molecular flexibility index (Phi) is 2.84. The number of amides is 1. The maximum Gasteiger partial charge on any atom is 0.229 e. The minimum absolute atomic E-state index is 0.00810. The highest BCUT2D eigenvalue weighted by atomic mass is 16.2. The molecule has 5 rings (SSSR count). The number of quaternary nitrogens is 1. The lowest BCUT2D eigenvalue weighted by Crippen LogP contribution is -3.12. The predicted molar refractivity (Wildman–Crippen MR) is 83.0 cm³/mol. The molecule has 4 bridgehead atoms. The van der Waals surface area contributed by atoms with Gasteiger partial charge in [-0.05, 0) is 55.3 Å². The number of hydrogen-bond acceptors (Lipinski definition) is 1. The van der Waals surface area contributed by atoms with Gasteiger partial charge in [-0.1, -0.05) is 13.8 Å². The molecule has 0 aromatic carbocycles. The van der Waals surface area contributed by atoms with E-state index in [0.29, 0.717) is 16.7 Å². The van der Waals surface area contributed by atoms with Crippen LogP contribution in [0, 0.1) is 22.2 Å². The summed E-state index contributed by atoms with van der Waals surface area (Å²) in [7, 11) is 2.24. The fourth-order valence-corrected chi connectivity index (χ4v) is 7.11. The number of carbonyl (C=O) groups excluding carboxylic acids is 1. The Hall–Kier alpha value is -0.570. The summed E-state index contributed by atoms with van der Waals surface area (Å²) in [6.45, 7) is 9.13. The van der Waals surface area contributed by atoms with Gasteiger partial charge in [0, 0.05) is 0 Å². The first-order chi connectivity index (χ1) is 9.82. The smallest absolute Gasteiger partial charge is 0.229 e. The highest BCUT2D eigenvalue weighted by Gasteiger charge is 2.63. The maximum atomic E-state index is 13.4. The topological polar surface area (TPSA) is 24.8 Å². The third-order valence-electron chi connectivity index (χ3n) is 6.98. The second kappa shape index (κ2) is 4.24. The fraction of sp³-hybridized carbons (Fsp3) is 0.944. The molecule has 0 aromatic rings. The zero-order chi connectivity index (χ0) is 14.9. The van der Waals surface area contributed by atoms with Crippen LogP contribution in [-0.4, -0.2) is 44.0 Å². The van der Waals surface area contributed by atoms with Crippen molar-refractivity contribution in [3.8, 4) is 0 Å². The van der Waals surface area contributed by atoms with Crippen molar-refractivity contribution in [3.05, 3.63) is 0 Å². The van der Waals surface area contributed by atoms with E-state index in [-0.39, 0.29) is 5.41 Å². The molecule has 0 radical (unpaired) electrons. The summed E-state index contributed by atoms with van der Waals surface area (Å²) in [5, 5.41) is 0. The van der Waals surface area contributed by atoms with Gasteiger partial charge in [0.1, 0.15) is 0 Å². The van der Waals surface area contributed by atoms with E-state index in [1.807, 2.05) is 0 Å². The van der Waals surface area contributed by atoms with Crippen LogP contribution in [0.15, 0.2) is 0 Å². The minimum Gasteiger partial charge on any atom is -0.334 e. The molecule has 118 valence electrons. The van der Waals surface area contributed by atoms with Gasteiger partial charge in [-0.2, -0.15) is 0 Å². The van der Waals surface area contributed by atoms with Crippen molar-refractivity contribution in [3.63, 3.8) is 0 Å². The first kappa shape index (κ1) is 14.0. The van der Waals surface area contributed by atoms with Gasteiger partial charge in [0.25, 0.3) is 0 Å². The molecule has 1 N–H and O–H groups in total. The zero-order valence-corrected chi connectivity index (χ0v) is 14.0. The molecule has 0 aromatic heterocycles. The number of likely N-dealkylation sites (N-methyl/N-ethyl adjacent to an activating group) is 1. The molecule has 21 heavy (non-hydrogen) atoms. The van der Waals surface area contributed by atoms with Crippen LogP contribution in [0.2, 0.25) is 0 Å². The van der Waals surface area contributed by atoms with Crippen LogP contribution in [0.25, 0.3) is 0 Å². The van der Waals surface area contributed by atoms with Crippen LogP contribution in [0.3, 0.4) is 0 Å². The van der Waals surface area contributed by atoms with Crippen LogP contribution in [0.4, 0.5) is 0 Å². The highest BCUT2D eigenvalue weighted by Crippen LogP contribution is 2.69. The van der Waals surface area contributed by atoms with Gasteiger partial charge in [0.15, 0.2) is 0 Å². The van der Waals surface area contributed by atoms with Crippen LogP contribution < -0.4 is 4.90 Å². The molecule has 1 heterocycles. The molecule has 3 heteroatoms. The van der Waals surface area contributed by atoms with Crippen LogP contribution in [-0.2, 0) is 4.79 Å². The summed E-state index contributed by atoms with van der Waals surface area (Å²) in [6.07, 6.45) is 7.65. The summed E-state index contributed by atoms with van der Waals surface area (Å²) in [5.74, 6) is 1.34. The van der Waals surface area contributed by atoms with Crippen LogP contribution in [0.1, 0.15) is 52.4 Å². The molecule has 1 saturated heterocycles. The van der Waals surface area contributed by atoms with E-state index in [1.54, 1.807) is 4.90 Å². The molecule has 0 spiro atoms. The van der Waals surface area contributed by atoms with Crippen molar-refractivity contribution in [1.82, 2.24) is 4.90 Å². The average molecular weight is 291 g/mol. The molecule has 1 amide bonds. The van der Waals surface area contributed by atoms with Gasteiger partial charge in [0.05, 0.1) is 38.6 Å². The quantitative estimate of drug-likeness (QED) is 0.775. The van der Waals surface area contributed by atoms with Crippen LogP contribution in [0.5, 0.6) is 0 Å². The highest BCUT2D eigenvalue weighted by molar-refractivity contribution is 5.83. The first-order valence-corrected chi connectivity index (χ1v) is 8.92. The number of rotatable bonds is 1. The summed E-state index contributed by atoms with van der Waals surface area (Å²) in [5.41, 5.74) is 0.900. The Morgan fingerprint density at radius 2 is 1.57 bits per heavy atom. The molecule has 4 saturated carbocycles. The number of nitrogens with one attached hydrogen (secondary N) is 1. The van der Waals surface area contributed by atoms with E-state index >= 15 is 0 Å². The van der Waals surface area contributed by atoms with Crippen molar-refractivity contribution in [2.24, 2.45) is 22.2 Å². The lowest BCUT2D eigenvalue weighted by molar-refractivity contribution is -0.883. The van der Waals surface area contributed by atoms with Gasteiger partial charge in [-0.3, -0.25) is 4.79 Å². The van der Waals surface area contributed by atoms with Gasteiger partial charge in [-0.15, -0.1) is 0 Å². The van der Waals surface area contributed by atoms with Crippen molar-refractivity contribution >= 4 is 5.91 Å². The lowest BCUT2D eigenvalue weighted by Gasteiger charge is -2.65. The second-order valence-corrected chi connectivity index (χ2v) is 9.66. The zero-order valence-electron chi connectivity index (χ0n) is 14.0. The van der Waals surface area contributed by atoms with Crippen molar-refractivity contribution in [1.29, 1.82) is 0 Å². The van der Waals surface area contributed by atoms with E-state index in [0.717, 1.165) is 32.1 Å². The molecule has 2 unspecified atom stereocenters.